The number of carbonyl (C=O) groups is 4. The molecule has 41 heavy (non-hydrogen) atoms. The first-order valence-electron chi connectivity index (χ1n) is 15.2. The van der Waals surface area contributed by atoms with Gasteiger partial charge < -0.3 is 39.6 Å². The van der Waals surface area contributed by atoms with Gasteiger partial charge in [-0.3, -0.25) is 0 Å². The monoisotopic (exact) mass is 686 g/mol. The van der Waals surface area contributed by atoms with Gasteiger partial charge in [0.1, 0.15) is 0 Å². The van der Waals surface area contributed by atoms with E-state index in [4.69, 9.17) is 0 Å². The quantitative estimate of drug-likeness (QED) is 0.0955. The Hall–Kier alpha value is -1.84. The molecule has 0 heterocycles. The summed E-state index contributed by atoms with van der Waals surface area (Å²) in [5, 5.41) is 41.5. The van der Waals surface area contributed by atoms with Crippen LogP contribution in [0.1, 0.15) is 131 Å². The summed E-state index contributed by atoms with van der Waals surface area (Å²) < 4.78 is 3.25. The molecule has 0 N–H and O–H groups in total. The molecule has 0 saturated heterocycles. The SMILES string of the molecule is CC(C)CCCCC/C(=C/C(=O)[O-])C(=O)[O-].CC(C)CCCCC/C(=C/C(=O)[O-])C(=O)[O-].CCC[CH2][Sn+4][CH2]CCC. The zero-order valence-corrected chi connectivity index (χ0v) is 29.2. The van der Waals surface area contributed by atoms with Crippen LogP contribution >= 0.6 is 0 Å². The molecule has 0 fully saturated rings. The Balaban J connectivity index is -0.000000551. The Bertz CT molecular complexity index is 695. The minimum atomic E-state index is -1.48. The number of unbranched alkanes of at least 4 members (excludes halogenated alkanes) is 6. The number of hydrogen-bond acceptors (Lipinski definition) is 8. The van der Waals surface area contributed by atoms with E-state index in [1.807, 2.05) is 0 Å². The molecule has 0 aliphatic rings. The van der Waals surface area contributed by atoms with Crippen LogP contribution in [0, 0.1) is 11.8 Å². The molecule has 9 heteroatoms. The molecular weight excluding hydrogens is 631 g/mol. The molecular formula is C32H54O8Sn. The number of carbonyl (C=O) groups excluding carboxylic acids is 4. The van der Waals surface area contributed by atoms with Gasteiger partial charge in [-0.2, -0.15) is 0 Å². The average Bonchev–Trinajstić information content (AvgIpc) is 2.86. The molecule has 0 aromatic carbocycles. The molecule has 234 valence electrons. The second-order valence-electron chi connectivity index (χ2n) is 11.0. The summed E-state index contributed by atoms with van der Waals surface area (Å²) >= 11 is 0.149. The van der Waals surface area contributed by atoms with Crippen LogP contribution in [-0.4, -0.2) is 45.0 Å². The molecule has 0 rings (SSSR count). The average molecular weight is 685 g/mol. The first kappa shape index (κ1) is 43.6. The molecule has 0 atom stereocenters. The predicted octanol–water partition coefficient (Wildman–Crippen LogP) is 3.17. The van der Waals surface area contributed by atoms with Crippen LogP contribution in [0.15, 0.2) is 23.3 Å². The molecule has 0 aliphatic carbocycles. The summed E-state index contributed by atoms with van der Waals surface area (Å²) in [6.07, 6.45) is 14.9. The Morgan fingerprint density at radius 2 is 0.902 bits per heavy atom. The summed E-state index contributed by atoms with van der Waals surface area (Å²) in [5.41, 5.74) is -0.380. The third-order valence-corrected chi connectivity index (χ3v) is 10.0. The standard InChI is InChI=1S/2C12H20O4.2C4H9.Sn/c2*1-9(2)6-4-3-5-7-10(12(15)16)8-11(13)14;2*1-3-4-2;/h2*8-9H,3-7H2,1-2H3,(H,13,14)(H,15,16);2*1,3-4H2,2H3;/q;;;;+4/p-4/b2*10-8-;;;. The van der Waals surface area contributed by atoms with Gasteiger partial charge in [0.05, 0.1) is 23.9 Å². The summed E-state index contributed by atoms with van der Waals surface area (Å²) in [7, 11) is 0. The molecule has 6 radical (unpaired) electrons. The fraction of sp³-hybridized carbons (Fsp3) is 0.750. The first-order chi connectivity index (χ1) is 19.3. The predicted molar refractivity (Wildman–Crippen MR) is 157 cm³/mol. The molecule has 0 spiro atoms. The van der Waals surface area contributed by atoms with Crippen molar-refractivity contribution in [2.75, 3.05) is 0 Å². The fourth-order valence-electron chi connectivity index (χ4n) is 3.57. The third-order valence-electron chi connectivity index (χ3n) is 5.98. The molecule has 0 amide bonds. The molecule has 0 unspecified atom stereocenters. The van der Waals surface area contributed by atoms with Crippen LogP contribution < -0.4 is 20.4 Å². The maximum absolute atomic E-state index is 10.5. The molecule has 0 aliphatic heterocycles. The van der Waals surface area contributed by atoms with Crippen molar-refractivity contribution in [3.05, 3.63) is 23.3 Å². The summed E-state index contributed by atoms with van der Waals surface area (Å²) in [6.45, 7) is 13.1. The van der Waals surface area contributed by atoms with Gasteiger partial charge in [0, 0.05) is 0 Å². The van der Waals surface area contributed by atoms with Crippen molar-refractivity contribution in [1.82, 2.24) is 0 Å². The van der Waals surface area contributed by atoms with E-state index >= 15 is 0 Å². The van der Waals surface area contributed by atoms with Gasteiger partial charge in [0.2, 0.25) is 0 Å². The molecule has 8 nitrogen and oxygen atoms in total. The summed E-state index contributed by atoms with van der Waals surface area (Å²) in [5.74, 6) is -4.54. The van der Waals surface area contributed by atoms with Crippen LogP contribution in [0.25, 0.3) is 0 Å². The van der Waals surface area contributed by atoms with E-state index in [1.165, 1.54) is 25.7 Å². The van der Waals surface area contributed by atoms with Gasteiger partial charge in [-0.05, 0) is 60.8 Å². The Morgan fingerprint density at radius 1 is 0.561 bits per heavy atom. The van der Waals surface area contributed by atoms with E-state index in [1.54, 1.807) is 8.87 Å². The van der Waals surface area contributed by atoms with E-state index in [2.05, 4.69) is 41.5 Å². The number of carboxylic acid groups (broad SMARTS) is 4. The van der Waals surface area contributed by atoms with Gasteiger partial charge in [-0.1, -0.05) is 66.2 Å². The fourth-order valence-corrected chi connectivity index (χ4v) is 7.73. The Labute approximate surface area is 259 Å². The number of rotatable bonds is 22. The topological polar surface area (TPSA) is 161 Å². The second kappa shape index (κ2) is 31.1. The maximum atomic E-state index is 10.5. The van der Waals surface area contributed by atoms with Crippen molar-refractivity contribution < 1.29 is 39.6 Å². The van der Waals surface area contributed by atoms with Crippen molar-refractivity contribution in [3.63, 3.8) is 0 Å². The second-order valence-corrected chi connectivity index (χ2v) is 15.3. The number of carboxylic acids is 4. The van der Waals surface area contributed by atoms with E-state index in [0.717, 1.165) is 38.5 Å². The summed E-state index contributed by atoms with van der Waals surface area (Å²) in [6, 6.07) is 0. The van der Waals surface area contributed by atoms with E-state index in [0.29, 0.717) is 36.8 Å². The first-order valence-corrected chi connectivity index (χ1v) is 19.3. The number of hydrogen-bond donors (Lipinski definition) is 0. The van der Waals surface area contributed by atoms with Gasteiger partial charge in [0.15, 0.2) is 0 Å². The van der Waals surface area contributed by atoms with Gasteiger partial charge >= 0.3 is 69.5 Å². The summed E-state index contributed by atoms with van der Waals surface area (Å²) in [4.78, 5) is 41.5. The van der Waals surface area contributed by atoms with Crippen molar-refractivity contribution >= 4 is 45.0 Å². The van der Waals surface area contributed by atoms with Crippen LogP contribution in [0.5, 0.6) is 0 Å². The Kier molecular flexibility index (Phi) is 33.1. The van der Waals surface area contributed by atoms with Crippen LogP contribution in [0.3, 0.4) is 0 Å². The van der Waals surface area contributed by atoms with Crippen molar-refractivity contribution in [1.29, 1.82) is 0 Å². The molecule has 0 aromatic heterocycles. The van der Waals surface area contributed by atoms with E-state index in [9.17, 15) is 39.6 Å². The normalized spacial score (nSPS) is 11.4. The minimum absolute atomic E-state index is 0.149. The van der Waals surface area contributed by atoms with E-state index in [-0.39, 0.29) is 45.1 Å². The Morgan fingerprint density at radius 3 is 1.15 bits per heavy atom. The van der Waals surface area contributed by atoms with Crippen LogP contribution in [0.2, 0.25) is 8.87 Å². The van der Waals surface area contributed by atoms with Gasteiger partial charge in [0.25, 0.3) is 0 Å². The van der Waals surface area contributed by atoms with Gasteiger partial charge in [-0.15, -0.1) is 0 Å². The zero-order valence-electron chi connectivity index (χ0n) is 26.4. The number of aliphatic carboxylic acids is 4. The van der Waals surface area contributed by atoms with Crippen molar-refractivity contribution in [2.24, 2.45) is 11.8 Å². The van der Waals surface area contributed by atoms with Crippen molar-refractivity contribution in [2.45, 2.75) is 140 Å². The van der Waals surface area contributed by atoms with E-state index < -0.39 is 23.9 Å². The van der Waals surface area contributed by atoms with Gasteiger partial charge in [-0.25, -0.2) is 0 Å². The van der Waals surface area contributed by atoms with Crippen LogP contribution in [0.4, 0.5) is 0 Å². The van der Waals surface area contributed by atoms with Crippen molar-refractivity contribution in [3.8, 4) is 0 Å². The third kappa shape index (κ3) is 38.2. The van der Waals surface area contributed by atoms with Crippen LogP contribution in [-0.2, 0) is 19.2 Å². The molecule has 0 aromatic rings. The molecule has 0 bridgehead atoms. The zero-order chi connectivity index (χ0) is 32.1. The molecule has 0 saturated carbocycles.